The first kappa shape index (κ1) is 11.7. The summed E-state index contributed by atoms with van der Waals surface area (Å²) in [6.07, 6.45) is 6.16. The van der Waals surface area contributed by atoms with Crippen LogP contribution in [0.25, 0.3) is 0 Å². The van der Waals surface area contributed by atoms with Crippen LogP contribution in [-0.4, -0.2) is 16.0 Å². The van der Waals surface area contributed by atoms with Crippen LogP contribution in [0.2, 0.25) is 0 Å². The van der Waals surface area contributed by atoms with Gasteiger partial charge in [-0.1, -0.05) is 0 Å². The molecule has 18 heavy (non-hydrogen) atoms. The average Bonchev–Trinajstić information content (AvgIpc) is 2.99. The molecule has 0 amide bonds. The molecule has 0 aliphatic heterocycles. The first-order chi connectivity index (χ1) is 8.83. The van der Waals surface area contributed by atoms with E-state index < -0.39 is 0 Å². The number of anilines is 1. The van der Waals surface area contributed by atoms with Gasteiger partial charge in [-0.25, -0.2) is 9.97 Å². The average molecular weight is 259 g/mol. The second-order valence-electron chi connectivity index (χ2n) is 4.88. The van der Waals surface area contributed by atoms with Crippen molar-refractivity contribution in [1.29, 1.82) is 0 Å². The molecule has 0 radical (unpaired) electrons. The fourth-order valence-corrected chi connectivity index (χ4v) is 3.21. The third-order valence-corrected chi connectivity index (χ3v) is 4.11. The predicted octanol–water partition coefficient (Wildman–Crippen LogP) is 3.07. The van der Waals surface area contributed by atoms with Crippen molar-refractivity contribution in [3.05, 3.63) is 40.0 Å². The highest BCUT2D eigenvalue weighted by Crippen LogP contribution is 2.25. The third kappa shape index (κ3) is 2.38. The van der Waals surface area contributed by atoms with Gasteiger partial charge in [0.15, 0.2) is 0 Å². The summed E-state index contributed by atoms with van der Waals surface area (Å²) in [5.41, 5.74) is 3.95. The van der Waals surface area contributed by atoms with Crippen molar-refractivity contribution in [2.75, 3.05) is 5.32 Å². The van der Waals surface area contributed by atoms with Crippen LogP contribution >= 0.6 is 11.3 Å². The third-order valence-electron chi connectivity index (χ3n) is 3.38. The Hall–Kier alpha value is -1.42. The standard InChI is InChI=1S/C14H17N3S/c1-10(7-11-5-6-18-8-11)17-14-12-3-2-4-13(12)15-9-16-14/h5-6,8-10H,2-4,7H2,1H3,(H,15,16,17). The molecule has 0 spiro atoms. The summed E-state index contributed by atoms with van der Waals surface area (Å²) in [5.74, 6) is 1.04. The number of hydrogen-bond acceptors (Lipinski definition) is 4. The van der Waals surface area contributed by atoms with Gasteiger partial charge in [-0.15, -0.1) is 0 Å². The molecule has 2 aromatic rings. The topological polar surface area (TPSA) is 37.8 Å². The molecule has 3 nitrogen and oxygen atoms in total. The zero-order chi connectivity index (χ0) is 12.4. The number of hydrogen-bond donors (Lipinski definition) is 1. The maximum absolute atomic E-state index is 4.40. The lowest BCUT2D eigenvalue weighted by molar-refractivity contribution is 0.782. The maximum Gasteiger partial charge on any atom is 0.133 e. The Labute approximate surface area is 111 Å². The van der Waals surface area contributed by atoms with Crippen LogP contribution in [0.3, 0.4) is 0 Å². The molecule has 2 aromatic heterocycles. The molecule has 0 saturated heterocycles. The van der Waals surface area contributed by atoms with Crippen LogP contribution in [0.4, 0.5) is 5.82 Å². The van der Waals surface area contributed by atoms with Gasteiger partial charge in [-0.05, 0) is 55.0 Å². The van der Waals surface area contributed by atoms with Gasteiger partial charge in [-0.2, -0.15) is 11.3 Å². The number of aromatic nitrogens is 2. The summed E-state index contributed by atoms with van der Waals surface area (Å²) < 4.78 is 0. The Bertz CT molecular complexity index is 522. The van der Waals surface area contributed by atoms with Gasteiger partial charge in [0.25, 0.3) is 0 Å². The van der Waals surface area contributed by atoms with E-state index in [-0.39, 0.29) is 0 Å². The van der Waals surface area contributed by atoms with E-state index in [1.54, 1.807) is 17.7 Å². The normalized spacial score (nSPS) is 15.4. The van der Waals surface area contributed by atoms with Gasteiger partial charge >= 0.3 is 0 Å². The van der Waals surface area contributed by atoms with Crippen LogP contribution < -0.4 is 5.32 Å². The highest BCUT2D eigenvalue weighted by atomic mass is 32.1. The predicted molar refractivity (Wildman–Crippen MR) is 75.2 cm³/mol. The minimum absolute atomic E-state index is 0.402. The molecule has 0 aromatic carbocycles. The zero-order valence-corrected chi connectivity index (χ0v) is 11.3. The van der Waals surface area contributed by atoms with Crippen molar-refractivity contribution in [2.45, 2.75) is 38.6 Å². The van der Waals surface area contributed by atoms with E-state index >= 15 is 0 Å². The van der Waals surface area contributed by atoms with Crippen molar-refractivity contribution in [1.82, 2.24) is 9.97 Å². The maximum atomic E-state index is 4.40. The van der Waals surface area contributed by atoms with Crippen LogP contribution in [0.5, 0.6) is 0 Å². The number of nitrogens with zero attached hydrogens (tertiary/aromatic N) is 2. The fraction of sp³-hybridized carbons (Fsp3) is 0.429. The van der Waals surface area contributed by atoms with Crippen molar-refractivity contribution < 1.29 is 0 Å². The summed E-state index contributed by atoms with van der Waals surface area (Å²) in [7, 11) is 0. The SMILES string of the molecule is CC(Cc1ccsc1)Nc1ncnc2c1CCC2. The summed E-state index contributed by atoms with van der Waals surface area (Å²) in [5, 5.41) is 7.87. The van der Waals surface area contributed by atoms with E-state index in [9.17, 15) is 0 Å². The molecule has 4 heteroatoms. The lowest BCUT2D eigenvalue weighted by Crippen LogP contribution is -2.19. The molecule has 1 N–H and O–H groups in total. The van der Waals surface area contributed by atoms with E-state index in [1.165, 1.54) is 23.2 Å². The quantitative estimate of drug-likeness (QED) is 0.917. The minimum atomic E-state index is 0.402. The van der Waals surface area contributed by atoms with E-state index in [4.69, 9.17) is 0 Å². The van der Waals surface area contributed by atoms with Crippen molar-refractivity contribution in [2.24, 2.45) is 0 Å². The van der Waals surface area contributed by atoms with Gasteiger partial charge in [0.1, 0.15) is 12.1 Å². The first-order valence-electron chi connectivity index (χ1n) is 6.43. The van der Waals surface area contributed by atoms with Crippen LogP contribution in [0.1, 0.15) is 30.2 Å². The highest BCUT2D eigenvalue weighted by Gasteiger charge is 2.17. The van der Waals surface area contributed by atoms with Gasteiger partial charge in [-0.3, -0.25) is 0 Å². The summed E-state index contributed by atoms with van der Waals surface area (Å²) in [6.45, 7) is 2.21. The number of thiophene rings is 1. The summed E-state index contributed by atoms with van der Waals surface area (Å²) in [4.78, 5) is 8.75. The molecule has 3 rings (SSSR count). The molecule has 0 saturated carbocycles. The molecule has 2 heterocycles. The summed E-state index contributed by atoms with van der Waals surface area (Å²) in [6, 6.07) is 2.59. The van der Waals surface area contributed by atoms with Crippen LogP contribution in [-0.2, 0) is 19.3 Å². The Balaban J connectivity index is 1.71. The van der Waals surface area contributed by atoms with Gasteiger partial charge in [0, 0.05) is 17.3 Å². The number of fused-ring (bicyclic) bond motifs is 1. The number of aryl methyl sites for hydroxylation is 1. The Morgan fingerprint density at radius 2 is 2.33 bits per heavy atom. The molecule has 1 aliphatic rings. The number of nitrogens with one attached hydrogen (secondary N) is 1. The van der Waals surface area contributed by atoms with Crippen LogP contribution in [0, 0.1) is 0 Å². The lowest BCUT2D eigenvalue weighted by atomic mass is 10.1. The first-order valence-corrected chi connectivity index (χ1v) is 7.37. The monoisotopic (exact) mass is 259 g/mol. The zero-order valence-electron chi connectivity index (χ0n) is 10.5. The molecule has 1 aliphatic carbocycles. The Morgan fingerprint density at radius 3 is 3.17 bits per heavy atom. The molecule has 1 atom stereocenters. The van der Waals surface area contributed by atoms with Gasteiger partial charge < -0.3 is 5.32 Å². The summed E-state index contributed by atoms with van der Waals surface area (Å²) >= 11 is 1.75. The van der Waals surface area contributed by atoms with Crippen molar-refractivity contribution in [3.63, 3.8) is 0 Å². The molecule has 94 valence electrons. The Kier molecular flexibility index (Phi) is 3.28. The van der Waals surface area contributed by atoms with Gasteiger partial charge in [0.05, 0.1) is 0 Å². The van der Waals surface area contributed by atoms with Crippen LogP contribution in [0.15, 0.2) is 23.2 Å². The molecule has 0 fully saturated rings. The second kappa shape index (κ2) is 5.06. The van der Waals surface area contributed by atoms with Gasteiger partial charge in [0.2, 0.25) is 0 Å². The van der Waals surface area contributed by atoms with Crippen molar-refractivity contribution >= 4 is 17.2 Å². The van der Waals surface area contributed by atoms with E-state index in [0.29, 0.717) is 6.04 Å². The smallest absolute Gasteiger partial charge is 0.133 e. The fourth-order valence-electron chi connectivity index (χ4n) is 2.53. The van der Waals surface area contributed by atoms with Crippen molar-refractivity contribution in [3.8, 4) is 0 Å². The minimum Gasteiger partial charge on any atom is -0.367 e. The highest BCUT2D eigenvalue weighted by molar-refractivity contribution is 7.07. The molecule has 0 bridgehead atoms. The Morgan fingerprint density at radius 1 is 1.39 bits per heavy atom. The molecule has 1 unspecified atom stereocenters. The molecular weight excluding hydrogens is 242 g/mol. The molecular formula is C14H17N3S. The second-order valence-corrected chi connectivity index (χ2v) is 5.66. The van der Waals surface area contributed by atoms with E-state index in [1.807, 2.05) is 0 Å². The largest absolute Gasteiger partial charge is 0.367 e. The van der Waals surface area contributed by atoms with E-state index in [0.717, 1.165) is 25.1 Å². The lowest BCUT2D eigenvalue weighted by Gasteiger charge is -2.16. The van der Waals surface area contributed by atoms with E-state index in [2.05, 4.69) is 39.0 Å². The number of rotatable bonds is 4.